The van der Waals surface area contributed by atoms with Crippen LogP contribution >= 0.6 is 11.3 Å². The molecule has 0 aliphatic carbocycles. The Morgan fingerprint density at radius 2 is 1.69 bits per heavy atom. The molecule has 0 fully saturated rings. The van der Waals surface area contributed by atoms with E-state index < -0.39 is 11.1 Å². The zero-order valence-electron chi connectivity index (χ0n) is 22.2. The number of ether oxygens (including phenoxy) is 2. The molecule has 10 heteroatoms. The van der Waals surface area contributed by atoms with Crippen LogP contribution < -0.4 is 30.0 Å². The predicted molar refractivity (Wildman–Crippen MR) is 151 cm³/mol. The summed E-state index contributed by atoms with van der Waals surface area (Å²) in [6.07, 6.45) is 5.56. The summed E-state index contributed by atoms with van der Waals surface area (Å²) in [6, 6.07) is 12.8. The number of anilines is 1. The first-order valence-electron chi connectivity index (χ1n) is 13.1. The van der Waals surface area contributed by atoms with Gasteiger partial charge in [-0.1, -0.05) is 68.2 Å². The number of benzene rings is 2. The maximum atomic E-state index is 13.6. The Hall–Kier alpha value is -4.05. The summed E-state index contributed by atoms with van der Waals surface area (Å²) in [5, 5.41) is 4.37. The van der Waals surface area contributed by atoms with Crippen molar-refractivity contribution >= 4 is 33.5 Å². The second-order valence-corrected chi connectivity index (χ2v) is 10.4. The Morgan fingerprint density at radius 1 is 0.923 bits per heavy atom. The van der Waals surface area contributed by atoms with E-state index in [0.29, 0.717) is 29.2 Å². The van der Waals surface area contributed by atoms with E-state index in [9.17, 15) is 14.4 Å². The first kappa shape index (κ1) is 26.6. The minimum absolute atomic E-state index is 0.123. The molecule has 9 nitrogen and oxygen atoms in total. The third kappa shape index (κ3) is 5.04. The van der Waals surface area contributed by atoms with Crippen molar-refractivity contribution in [1.29, 1.82) is 0 Å². The molecular formula is C29H30N4O5S. The second kappa shape index (κ2) is 11.4. The Bertz CT molecular complexity index is 1710. The molecule has 2 aromatic heterocycles. The van der Waals surface area contributed by atoms with Gasteiger partial charge in [0.05, 0.1) is 25.5 Å². The summed E-state index contributed by atoms with van der Waals surface area (Å²) in [7, 11) is 3.08. The molecule has 3 heterocycles. The molecule has 1 aliphatic rings. The third-order valence-corrected chi connectivity index (χ3v) is 7.91. The Morgan fingerprint density at radius 3 is 2.46 bits per heavy atom. The van der Waals surface area contributed by atoms with Crippen LogP contribution in [0.2, 0.25) is 0 Å². The van der Waals surface area contributed by atoms with Gasteiger partial charge in [-0.05, 0) is 30.2 Å². The summed E-state index contributed by atoms with van der Waals surface area (Å²) >= 11 is 1.02. The molecule has 39 heavy (non-hydrogen) atoms. The molecule has 0 saturated heterocycles. The van der Waals surface area contributed by atoms with Crippen LogP contribution in [0.1, 0.15) is 55.8 Å². The number of carbonyl (C=O) groups is 1. The van der Waals surface area contributed by atoms with Gasteiger partial charge in [-0.15, -0.1) is 0 Å². The predicted octanol–water partition coefficient (Wildman–Crippen LogP) is 3.35. The maximum Gasteiger partial charge on any atom is 0.296 e. The fourth-order valence-electron chi connectivity index (χ4n) is 4.88. The Labute approximate surface area is 229 Å². The zero-order valence-corrected chi connectivity index (χ0v) is 23.0. The first-order chi connectivity index (χ1) is 19.0. The lowest BCUT2D eigenvalue weighted by Crippen LogP contribution is -2.33. The van der Waals surface area contributed by atoms with Crippen molar-refractivity contribution in [2.24, 2.45) is 0 Å². The lowest BCUT2D eigenvalue weighted by atomic mass is 10.1. The minimum Gasteiger partial charge on any atom is -0.493 e. The van der Waals surface area contributed by atoms with Crippen LogP contribution in [-0.2, 0) is 11.2 Å². The van der Waals surface area contributed by atoms with Crippen molar-refractivity contribution in [3.8, 4) is 11.5 Å². The number of hydrogen-bond acceptors (Lipinski definition) is 8. The smallest absolute Gasteiger partial charge is 0.296 e. The van der Waals surface area contributed by atoms with E-state index in [1.165, 1.54) is 13.5 Å². The molecule has 1 aliphatic heterocycles. The molecule has 0 radical (unpaired) electrons. The lowest BCUT2D eigenvalue weighted by Gasteiger charge is -2.16. The number of aromatic nitrogens is 3. The highest BCUT2D eigenvalue weighted by atomic mass is 32.1. The van der Waals surface area contributed by atoms with Crippen LogP contribution in [0.5, 0.6) is 11.5 Å². The second-order valence-electron chi connectivity index (χ2n) is 9.42. The van der Waals surface area contributed by atoms with Gasteiger partial charge in [0, 0.05) is 18.5 Å². The topological polar surface area (TPSA) is 103 Å². The number of unbranched alkanes of at least 4 members (excludes halogenated alkanes) is 4. The fraction of sp³-hybridized carbons (Fsp3) is 0.345. The molecule has 1 amide bonds. The normalized spacial score (nSPS) is 14.2. The van der Waals surface area contributed by atoms with Crippen molar-refractivity contribution in [3.05, 3.63) is 84.5 Å². The number of hydrogen-bond donors (Lipinski definition) is 0. The molecule has 0 unspecified atom stereocenters. The number of fused-ring (bicyclic) bond motifs is 2. The van der Waals surface area contributed by atoms with E-state index >= 15 is 0 Å². The largest absolute Gasteiger partial charge is 0.493 e. The van der Waals surface area contributed by atoms with Crippen LogP contribution in [-0.4, -0.2) is 41.3 Å². The summed E-state index contributed by atoms with van der Waals surface area (Å²) < 4.78 is 12.0. The van der Waals surface area contributed by atoms with E-state index in [0.717, 1.165) is 52.8 Å². The number of rotatable bonds is 10. The number of nitrogens with zero attached hydrogens (tertiary/aromatic N) is 4. The van der Waals surface area contributed by atoms with E-state index in [2.05, 4.69) is 17.0 Å². The van der Waals surface area contributed by atoms with Gasteiger partial charge >= 0.3 is 0 Å². The van der Waals surface area contributed by atoms with Crippen LogP contribution in [0, 0.1) is 0 Å². The van der Waals surface area contributed by atoms with Gasteiger partial charge in [0.1, 0.15) is 10.2 Å². The van der Waals surface area contributed by atoms with Gasteiger partial charge in [0.2, 0.25) is 4.96 Å². The number of amides is 1. The first-order valence-corrected chi connectivity index (χ1v) is 13.9. The number of para-hydroxylation sites is 1. The Kier molecular flexibility index (Phi) is 7.74. The molecule has 2 aromatic carbocycles. The molecule has 0 atom stereocenters. The molecule has 0 bridgehead atoms. The van der Waals surface area contributed by atoms with Gasteiger partial charge in [-0.2, -0.15) is 14.6 Å². The van der Waals surface area contributed by atoms with Gasteiger partial charge in [0.25, 0.3) is 17.0 Å². The van der Waals surface area contributed by atoms with E-state index in [4.69, 9.17) is 9.47 Å². The summed E-state index contributed by atoms with van der Waals surface area (Å²) in [6.45, 7) is 2.76. The van der Waals surface area contributed by atoms with Crippen molar-refractivity contribution in [2.45, 2.75) is 45.4 Å². The molecule has 0 N–H and O–H groups in total. The zero-order chi connectivity index (χ0) is 27.5. The highest BCUT2D eigenvalue weighted by molar-refractivity contribution is 7.15. The standard InChI is InChI=1S/C29H30N4O5S/c1-4-5-6-7-10-15-32-21-12-9-8-11-19(21)24(27(32)35)25-28(36)33-29(39-25)30-26(34)20(31-33)16-18-13-14-22(37-2)23(17-18)38-3/h8-9,11-14,17H,4-7,10,15-16H2,1-3H3/b25-24-. The molecule has 0 saturated carbocycles. The SMILES string of the molecule is CCCCCCCN1C(=O)/C(=c2\sc3nc(=O)c(Cc4ccc(OC)c(OC)c4)nn3c2=O)c2ccccc21. The van der Waals surface area contributed by atoms with Gasteiger partial charge < -0.3 is 14.4 Å². The average Bonchev–Trinajstić information content (AvgIpc) is 3.40. The average molecular weight is 547 g/mol. The Balaban J connectivity index is 1.54. The number of carbonyl (C=O) groups excluding carboxylic acids is 1. The third-order valence-electron chi connectivity index (χ3n) is 6.88. The summed E-state index contributed by atoms with van der Waals surface area (Å²) in [5.74, 6) is 0.886. The number of thiazole rings is 1. The summed E-state index contributed by atoms with van der Waals surface area (Å²) in [4.78, 5) is 46.1. The van der Waals surface area contributed by atoms with Crippen LogP contribution in [0.3, 0.4) is 0 Å². The van der Waals surface area contributed by atoms with Crippen LogP contribution in [0.25, 0.3) is 10.5 Å². The highest BCUT2D eigenvalue weighted by Crippen LogP contribution is 2.35. The van der Waals surface area contributed by atoms with Crippen LogP contribution in [0.4, 0.5) is 5.69 Å². The molecule has 0 spiro atoms. The van der Waals surface area contributed by atoms with E-state index in [-0.39, 0.29) is 27.5 Å². The molecular weight excluding hydrogens is 516 g/mol. The van der Waals surface area contributed by atoms with Gasteiger partial charge in [-0.3, -0.25) is 14.4 Å². The van der Waals surface area contributed by atoms with Crippen molar-refractivity contribution < 1.29 is 14.3 Å². The minimum atomic E-state index is -0.519. The monoisotopic (exact) mass is 546 g/mol. The highest BCUT2D eigenvalue weighted by Gasteiger charge is 2.33. The lowest BCUT2D eigenvalue weighted by molar-refractivity contribution is -0.113. The van der Waals surface area contributed by atoms with Gasteiger partial charge in [0.15, 0.2) is 11.5 Å². The fourth-order valence-corrected chi connectivity index (χ4v) is 5.88. The quantitative estimate of drug-likeness (QED) is 0.281. The molecule has 202 valence electrons. The maximum absolute atomic E-state index is 13.6. The van der Waals surface area contributed by atoms with Gasteiger partial charge in [-0.25, -0.2) is 0 Å². The van der Waals surface area contributed by atoms with Crippen molar-refractivity contribution in [1.82, 2.24) is 14.6 Å². The van der Waals surface area contributed by atoms with E-state index in [1.54, 1.807) is 30.2 Å². The molecule has 5 rings (SSSR count). The van der Waals surface area contributed by atoms with E-state index in [1.807, 2.05) is 24.3 Å². The van der Waals surface area contributed by atoms with Crippen molar-refractivity contribution in [2.75, 3.05) is 25.7 Å². The van der Waals surface area contributed by atoms with Crippen LogP contribution in [0.15, 0.2) is 52.1 Å². The summed E-state index contributed by atoms with van der Waals surface area (Å²) in [5.41, 5.74) is 1.76. The molecule has 4 aromatic rings. The van der Waals surface area contributed by atoms with Crippen molar-refractivity contribution in [3.63, 3.8) is 0 Å². The number of methoxy groups -OCH3 is 2.